The molecule has 94 valence electrons. The van der Waals surface area contributed by atoms with E-state index in [1.54, 1.807) is 0 Å². The average Bonchev–Trinajstić information content (AvgIpc) is 2.20. The van der Waals surface area contributed by atoms with Crippen LogP contribution >= 0.6 is 0 Å². The molecule has 1 aromatic rings. The van der Waals surface area contributed by atoms with E-state index in [4.69, 9.17) is 0 Å². The number of rotatable bonds is 5. The highest BCUT2D eigenvalue weighted by molar-refractivity contribution is 7.90. The summed E-state index contributed by atoms with van der Waals surface area (Å²) in [7, 11) is -3.14. The standard InChI is InChI=1S/C11H12F2O3S/c1-17(15,16)7-3-6-10(14)8-4-2-5-9(12)11(8)13/h2,4-5H,3,6-7H2,1H3. The van der Waals surface area contributed by atoms with E-state index in [2.05, 4.69) is 0 Å². The molecule has 0 heterocycles. The quantitative estimate of drug-likeness (QED) is 0.762. The van der Waals surface area contributed by atoms with Gasteiger partial charge in [-0.3, -0.25) is 4.79 Å². The molecular formula is C11H12F2O3S. The maximum atomic E-state index is 13.2. The molecule has 0 radical (unpaired) electrons. The Kier molecular flexibility index (Phi) is 4.34. The summed E-state index contributed by atoms with van der Waals surface area (Å²) in [4.78, 5) is 11.5. The van der Waals surface area contributed by atoms with Gasteiger partial charge >= 0.3 is 0 Å². The van der Waals surface area contributed by atoms with Crippen molar-refractivity contribution in [1.29, 1.82) is 0 Å². The first-order valence-corrected chi connectivity index (χ1v) is 7.02. The molecule has 0 aliphatic heterocycles. The zero-order chi connectivity index (χ0) is 13.1. The van der Waals surface area contributed by atoms with Crippen LogP contribution in [0.1, 0.15) is 23.2 Å². The van der Waals surface area contributed by atoms with Crippen LogP contribution in [0.2, 0.25) is 0 Å². The number of hydrogen-bond acceptors (Lipinski definition) is 3. The lowest BCUT2D eigenvalue weighted by atomic mass is 10.1. The fourth-order valence-electron chi connectivity index (χ4n) is 1.35. The maximum Gasteiger partial charge on any atom is 0.169 e. The third kappa shape index (κ3) is 4.22. The van der Waals surface area contributed by atoms with Crippen LogP contribution in [-0.2, 0) is 9.84 Å². The zero-order valence-corrected chi connectivity index (χ0v) is 10.1. The van der Waals surface area contributed by atoms with Crippen molar-refractivity contribution in [3.8, 4) is 0 Å². The van der Waals surface area contributed by atoms with Crippen molar-refractivity contribution in [2.75, 3.05) is 12.0 Å². The third-order valence-corrected chi connectivity index (χ3v) is 3.20. The molecule has 0 unspecified atom stereocenters. The number of hydrogen-bond donors (Lipinski definition) is 0. The van der Waals surface area contributed by atoms with Crippen LogP contribution in [0.4, 0.5) is 8.78 Å². The van der Waals surface area contributed by atoms with Gasteiger partial charge in [0, 0.05) is 12.7 Å². The first kappa shape index (κ1) is 13.8. The zero-order valence-electron chi connectivity index (χ0n) is 9.24. The van der Waals surface area contributed by atoms with Gasteiger partial charge in [-0.1, -0.05) is 6.07 Å². The van der Waals surface area contributed by atoms with Gasteiger partial charge in [0.15, 0.2) is 17.4 Å². The lowest BCUT2D eigenvalue weighted by Gasteiger charge is -2.02. The van der Waals surface area contributed by atoms with Crippen LogP contribution in [0.15, 0.2) is 18.2 Å². The number of Topliss-reactive ketones (excluding diaryl/α,β-unsaturated/α-hetero) is 1. The van der Waals surface area contributed by atoms with Crippen molar-refractivity contribution in [1.82, 2.24) is 0 Å². The molecule has 0 saturated heterocycles. The summed E-state index contributed by atoms with van der Waals surface area (Å²) in [6.07, 6.45) is 1.04. The first-order chi connectivity index (χ1) is 7.81. The SMILES string of the molecule is CS(=O)(=O)CCCC(=O)c1cccc(F)c1F. The van der Waals surface area contributed by atoms with Crippen LogP contribution in [0.3, 0.4) is 0 Å². The Morgan fingerprint density at radius 2 is 1.94 bits per heavy atom. The summed E-state index contributed by atoms with van der Waals surface area (Å²) >= 11 is 0. The lowest BCUT2D eigenvalue weighted by molar-refractivity contribution is 0.0977. The van der Waals surface area contributed by atoms with E-state index in [-0.39, 0.29) is 24.2 Å². The highest BCUT2D eigenvalue weighted by Crippen LogP contribution is 2.14. The summed E-state index contributed by atoms with van der Waals surface area (Å²) in [5, 5.41) is 0. The average molecular weight is 262 g/mol. The lowest BCUT2D eigenvalue weighted by Crippen LogP contribution is -2.08. The second-order valence-corrected chi connectivity index (χ2v) is 6.02. The molecular weight excluding hydrogens is 250 g/mol. The number of benzene rings is 1. The number of ketones is 1. The highest BCUT2D eigenvalue weighted by atomic mass is 32.2. The highest BCUT2D eigenvalue weighted by Gasteiger charge is 2.15. The minimum Gasteiger partial charge on any atom is -0.294 e. The van der Waals surface area contributed by atoms with Gasteiger partial charge in [-0.2, -0.15) is 0 Å². The maximum absolute atomic E-state index is 13.2. The molecule has 17 heavy (non-hydrogen) atoms. The fourth-order valence-corrected chi connectivity index (χ4v) is 2.02. The van der Waals surface area contributed by atoms with Crippen LogP contribution in [0, 0.1) is 11.6 Å². The minimum atomic E-state index is -3.14. The van der Waals surface area contributed by atoms with E-state index in [0.29, 0.717) is 0 Å². The van der Waals surface area contributed by atoms with Crippen LogP contribution < -0.4 is 0 Å². The van der Waals surface area contributed by atoms with Crippen molar-refractivity contribution in [2.45, 2.75) is 12.8 Å². The number of sulfone groups is 1. The molecule has 1 rings (SSSR count). The molecule has 0 fully saturated rings. The van der Waals surface area contributed by atoms with E-state index in [9.17, 15) is 22.0 Å². The molecule has 0 aliphatic rings. The van der Waals surface area contributed by atoms with Gasteiger partial charge in [0.25, 0.3) is 0 Å². The van der Waals surface area contributed by atoms with Gasteiger partial charge in [-0.25, -0.2) is 17.2 Å². The minimum absolute atomic E-state index is 0.105. The van der Waals surface area contributed by atoms with Crippen LogP contribution in [0.5, 0.6) is 0 Å². The van der Waals surface area contributed by atoms with Gasteiger partial charge in [-0.15, -0.1) is 0 Å². The number of carbonyl (C=O) groups is 1. The molecule has 6 heteroatoms. The van der Waals surface area contributed by atoms with Gasteiger partial charge < -0.3 is 0 Å². The molecule has 1 aromatic carbocycles. The Hall–Kier alpha value is -1.30. The Labute approximate surface area is 98.4 Å². The van der Waals surface area contributed by atoms with Gasteiger partial charge in [-0.05, 0) is 18.6 Å². The topological polar surface area (TPSA) is 51.2 Å². The summed E-state index contributed by atoms with van der Waals surface area (Å²) < 4.78 is 47.7. The molecule has 0 saturated carbocycles. The van der Waals surface area contributed by atoms with E-state index in [0.717, 1.165) is 12.3 Å². The van der Waals surface area contributed by atoms with Crippen molar-refractivity contribution in [3.05, 3.63) is 35.4 Å². The molecule has 3 nitrogen and oxygen atoms in total. The van der Waals surface area contributed by atoms with Crippen LogP contribution in [-0.4, -0.2) is 26.2 Å². The molecule has 0 spiro atoms. The molecule has 0 aromatic heterocycles. The van der Waals surface area contributed by atoms with Crippen LogP contribution in [0.25, 0.3) is 0 Å². The predicted molar refractivity (Wildman–Crippen MR) is 59.6 cm³/mol. The monoisotopic (exact) mass is 262 g/mol. The summed E-state index contributed by atoms with van der Waals surface area (Å²) in [5.41, 5.74) is -0.335. The van der Waals surface area contributed by atoms with Gasteiger partial charge in [0.2, 0.25) is 0 Å². The van der Waals surface area contributed by atoms with Crippen molar-refractivity contribution >= 4 is 15.6 Å². The molecule has 0 N–H and O–H groups in total. The second-order valence-electron chi connectivity index (χ2n) is 3.76. The molecule has 0 atom stereocenters. The van der Waals surface area contributed by atoms with E-state index < -0.39 is 27.3 Å². The smallest absolute Gasteiger partial charge is 0.169 e. The summed E-state index contributed by atoms with van der Waals surface area (Å²) in [6, 6.07) is 3.34. The van der Waals surface area contributed by atoms with E-state index >= 15 is 0 Å². The Balaban J connectivity index is 2.68. The first-order valence-electron chi connectivity index (χ1n) is 4.96. The van der Waals surface area contributed by atoms with Gasteiger partial charge in [0.1, 0.15) is 9.84 Å². The largest absolute Gasteiger partial charge is 0.294 e. The second kappa shape index (κ2) is 5.35. The Morgan fingerprint density at radius 3 is 2.53 bits per heavy atom. The summed E-state index contributed by atoms with van der Waals surface area (Å²) in [6.45, 7) is 0. The van der Waals surface area contributed by atoms with Crippen molar-refractivity contribution < 1.29 is 22.0 Å². The number of halogens is 2. The molecule has 0 aliphatic carbocycles. The molecule has 0 amide bonds. The van der Waals surface area contributed by atoms with E-state index in [1.807, 2.05) is 0 Å². The Morgan fingerprint density at radius 1 is 1.29 bits per heavy atom. The third-order valence-electron chi connectivity index (χ3n) is 2.17. The number of carbonyl (C=O) groups excluding carboxylic acids is 1. The molecule has 0 bridgehead atoms. The van der Waals surface area contributed by atoms with Crippen molar-refractivity contribution in [3.63, 3.8) is 0 Å². The van der Waals surface area contributed by atoms with Gasteiger partial charge in [0.05, 0.1) is 11.3 Å². The van der Waals surface area contributed by atoms with Crippen molar-refractivity contribution in [2.24, 2.45) is 0 Å². The summed E-state index contributed by atoms with van der Waals surface area (Å²) in [5.74, 6) is -3.00. The fraction of sp³-hybridized carbons (Fsp3) is 0.364. The Bertz CT molecular complexity index is 524. The van der Waals surface area contributed by atoms with E-state index in [1.165, 1.54) is 12.1 Å². The normalized spacial score (nSPS) is 11.5. The predicted octanol–water partition coefficient (Wildman–Crippen LogP) is 1.97.